The first-order valence-electron chi connectivity index (χ1n) is 7.32. The lowest BCUT2D eigenvalue weighted by Crippen LogP contribution is -1.97. The molecule has 1 N–H and O–H groups in total. The Bertz CT molecular complexity index is 964. The number of ether oxygens (including phenoxy) is 2. The molecule has 128 valence electrons. The van der Waals surface area contributed by atoms with Gasteiger partial charge in [-0.2, -0.15) is 14.9 Å². The van der Waals surface area contributed by atoms with Crippen LogP contribution >= 0.6 is 12.2 Å². The van der Waals surface area contributed by atoms with Crippen LogP contribution in [0.5, 0.6) is 11.5 Å². The Kier molecular flexibility index (Phi) is 4.90. The zero-order valence-corrected chi connectivity index (χ0v) is 14.4. The summed E-state index contributed by atoms with van der Waals surface area (Å²) < 4.78 is 25.4. The molecule has 0 aliphatic heterocycles. The van der Waals surface area contributed by atoms with Crippen molar-refractivity contribution in [2.45, 2.75) is 0 Å². The highest BCUT2D eigenvalue weighted by Gasteiger charge is 2.09. The predicted octanol–water partition coefficient (Wildman–Crippen LogP) is 3.65. The molecular formula is C17H15FN4O2S. The third-order valence-electron chi connectivity index (χ3n) is 3.51. The summed E-state index contributed by atoms with van der Waals surface area (Å²) in [5, 5.41) is 11.2. The molecule has 0 aliphatic rings. The number of benzene rings is 2. The van der Waals surface area contributed by atoms with Crippen LogP contribution in [-0.2, 0) is 0 Å². The quantitative estimate of drug-likeness (QED) is 0.559. The molecule has 0 bridgehead atoms. The van der Waals surface area contributed by atoms with E-state index in [0.29, 0.717) is 27.7 Å². The Morgan fingerprint density at radius 2 is 1.92 bits per heavy atom. The smallest absolute Gasteiger partial charge is 0.216 e. The van der Waals surface area contributed by atoms with Gasteiger partial charge in [0.05, 0.1) is 20.4 Å². The minimum absolute atomic E-state index is 0.322. The third-order valence-corrected chi connectivity index (χ3v) is 3.77. The number of aromatic nitrogens is 3. The van der Waals surface area contributed by atoms with Crippen molar-refractivity contribution in [1.29, 1.82) is 0 Å². The second-order valence-electron chi connectivity index (χ2n) is 5.02. The van der Waals surface area contributed by atoms with Crippen LogP contribution in [0, 0.1) is 10.6 Å². The molecule has 1 heterocycles. The van der Waals surface area contributed by atoms with Gasteiger partial charge in [0.2, 0.25) is 4.77 Å². The van der Waals surface area contributed by atoms with Crippen molar-refractivity contribution >= 4 is 18.4 Å². The monoisotopic (exact) mass is 358 g/mol. The van der Waals surface area contributed by atoms with E-state index in [4.69, 9.17) is 21.7 Å². The van der Waals surface area contributed by atoms with Crippen molar-refractivity contribution in [2.24, 2.45) is 5.10 Å². The van der Waals surface area contributed by atoms with E-state index in [1.54, 1.807) is 44.7 Å². The normalized spacial score (nSPS) is 11.0. The van der Waals surface area contributed by atoms with Crippen molar-refractivity contribution in [3.05, 3.63) is 58.6 Å². The maximum absolute atomic E-state index is 13.1. The predicted molar refractivity (Wildman–Crippen MR) is 95.3 cm³/mol. The highest BCUT2D eigenvalue weighted by atomic mass is 32.1. The highest BCUT2D eigenvalue weighted by molar-refractivity contribution is 7.71. The molecule has 3 aromatic rings. The van der Waals surface area contributed by atoms with E-state index in [-0.39, 0.29) is 5.82 Å². The minimum Gasteiger partial charge on any atom is -0.497 e. The van der Waals surface area contributed by atoms with Crippen LogP contribution in [-0.4, -0.2) is 35.3 Å². The van der Waals surface area contributed by atoms with Gasteiger partial charge < -0.3 is 9.47 Å². The highest BCUT2D eigenvalue weighted by Crippen LogP contribution is 2.23. The van der Waals surface area contributed by atoms with Gasteiger partial charge in [0.15, 0.2) is 5.82 Å². The number of rotatable bonds is 5. The zero-order chi connectivity index (χ0) is 17.8. The van der Waals surface area contributed by atoms with Crippen LogP contribution in [0.15, 0.2) is 47.6 Å². The number of H-pyrrole nitrogens is 1. The number of halogens is 1. The average molecular weight is 358 g/mol. The Morgan fingerprint density at radius 3 is 2.60 bits per heavy atom. The SMILES string of the molecule is COc1ccc(/C=N\n2c(-c3ccc(F)cc3)n[nH]c2=S)c(OC)c1. The Hall–Kier alpha value is -3.00. The number of methoxy groups -OCH3 is 2. The summed E-state index contributed by atoms with van der Waals surface area (Å²) in [4.78, 5) is 0. The van der Waals surface area contributed by atoms with E-state index in [1.165, 1.54) is 16.8 Å². The fourth-order valence-electron chi connectivity index (χ4n) is 2.23. The molecule has 2 aromatic carbocycles. The van der Waals surface area contributed by atoms with Crippen molar-refractivity contribution in [1.82, 2.24) is 14.9 Å². The molecule has 0 aliphatic carbocycles. The lowest BCUT2D eigenvalue weighted by Gasteiger charge is -2.07. The second kappa shape index (κ2) is 7.27. The lowest BCUT2D eigenvalue weighted by atomic mass is 10.2. The number of hydrogen-bond donors (Lipinski definition) is 1. The molecule has 0 spiro atoms. The summed E-state index contributed by atoms with van der Waals surface area (Å²) in [7, 11) is 3.15. The molecule has 6 nitrogen and oxygen atoms in total. The largest absolute Gasteiger partial charge is 0.497 e. The zero-order valence-electron chi connectivity index (χ0n) is 13.6. The third kappa shape index (κ3) is 3.58. The summed E-state index contributed by atoms with van der Waals surface area (Å²) >= 11 is 5.22. The summed E-state index contributed by atoms with van der Waals surface area (Å²) in [5.41, 5.74) is 1.43. The van der Waals surface area contributed by atoms with E-state index >= 15 is 0 Å². The van der Waals surface area contributed by atoms with Crippen LogP contribution in [0.1, 0.15) is 5.56 Å². The first kappa shape index (κ1) is 16.8. The van der Waals surface area contributed by atoms with Crippen molar-refractivity contribution in [3.63, 3.8) is 0 Å². The number of nitrogens with one attached hydrogen (secondary N) is 1. The average Bonchev–Trinajstić information content (AvgIpc) is 3.01. The summed E-state index contributed by atoms with van der Waals surface area (Å²) in [6.07, 6.45) is 1.61. The van der Waals surface area contributed by atoms with Gasteiger partial charge >= 0.3 is 0 Å². The molecule has 8 heteroatoms. The fourth-order valence-corrected chi connectivity index (χ4v) is 2.41. The topological polar surface area (TPSA) is 64.4 Å². The summed E-state index contributed by atoms with van der Waals surface area (Å²) in [6.45, 7) is 0. The van der Waals surface area contributed by atoms with E-state index in [1.807, 2.05) is 6.07 Å². The van der Waals surface area contributed by atoms with Crippen molar-refractivity contribution < 1.29 is 13.9 Å². The van der Waals surface area contributed by atoms with E-state index in [0.717, 1.165) is 5.56 Å². The van der Waals surface area contributed by atoms with Crippen molar-refractivity contribution in [3.8, 4) is 22.9 Å². The molecule has 1 aromatic heterocycles. The van der Waals surface area contributed by atoms with Gasteiger partial charge in [-0.15, -0.1) is 0 Å². The van der Waals surface area contributed by atoms with E-state index in [2.05, 4.69) is 15.3 Å². The van der Waals surface area contributed by atoms with Gasteiger partial charge in [0.25, 0.3) is 0 Å². The maximum Gasteiger partial charge on any atom is 0.216 e. The molecule has 0 saturated heterocycles. The van der Waals surface area contributed by atoms with Gasteiger partial charge in [-0.25, -0.2) is 9.49 Å². The maximum atomic E-state index is 13.1. The molecule has 0 amide bonds. The number of aromatic amines is 1. The Labute approximate surface area is 148 Å². The summed E-state index contributed by atoms with van der Waals surface area (Å²) in [5.74, 6) is 1.45. The molecule has 0 unspecified atom stereocenters. The molecule has 0 atom stereocenters. The van der Waals surface area contributed by atoms with Gasteiger partial charge in [0, 0.05) is 17.2 Å². The van der Waals surface area contributed by atoms with Gasteiger partial charge in [0.1, 0.15) is 17.3 Å². The molecule has 3 rings (SSSR count). The van der Waals surface area contributed by atoms with Crippen LogP contribution in [0.2, 0.25) is 0 Å². The number of nitrogens with zero attached hydrogens (tertiary/aromatic N) is 3. The Morgan fingerprint density at radius 1 is 1.16 bits per heavy atom. The first-order chi connectivity index (χ1) is 12.1. The first-order valence-corrected chi connectivity index (χ1v) is 7.73. The molecule has 0 fully saturated rings. The van der Waals surface area contributed by atoms with Crippen molar-refractivity contribution in [2.75, 3.05) is 14.2 Å². The summed E-state index contributed by atoms with van der Waals surface area (Å²) in [6, 6.07) is 11.3. The van der Waals surface area contributed by atoms with Crippen LogP contribution in [0.25, 0.3) is 11.4 Å². The van der Waals surface area contributed by atoms with Crippen LogP contribution in [0.3, 0.4) is 0 Å². The van der Waals surface area contributed by atoms with Gasteiger partial charge in [-0.3, -0.25) is 0 Å². The number of hydrogen-bond acceptors (Lipinski definition) is 5. The molecule has 0 saturated carbocycles. The minimum atomic E-state index is -0.323. The molecule has 0 radical (unpaired) electrons. The standard InChI is InChI=1S/C17H15FN4O2S/c1-23-14-8-5-12(15(9-14)24-2)10-19-22-16(20-21-17(22)25)11-3-6-13(18)7-4-11/h3-10H,1-2H3,(H,21,25)/b19-10-. The van der Waals surface area contributed by atoms with Crippen LogP contribution in [0.4, 0.5) is 4.39 Å². The molecule has 25 heavy (non-hydrogen) atoms. The fraction of sp³-hybridized carbons (Fsp3) is 0.118. The molecular weight excluding hydrogens is 343 g/mol. The van der Waals surface area contributed by atoms with E-state index < -0.39 is 0 Å². The Balaban J connectivity index is 1.99. The van der Waals surface area contributed by atoms with Crippen LogP contribution < -0.4 is 9.47 Å². The van der Waals surface area contributed by atoms with Gasteiger partial charge in [-0.05, 0) is 48.6 Å². The lowest BCUT2D eigenvalue weighted by molar-refractivity contribution is 0.394. The second-order valence-corrected chi connectivity index (χ2v) is 5.41. The van der Waals surface area contributed by atoms with E-state index in [9.17, 15) is 4.39 Å². The van der Waals surface area contributed by atoms with Gasteiger partial charge in [-0.1, -0.05) is 0 Å².